The summed E-state index contributed by atoms with van der Waals surface area (Å²) in [6.07, 6.45) is 3.75. The van der Waals surface area contributed by atoms with Crippen molar-refractivity contribution < 1.29 is 4.79 Å². The second kappa shape index (κ2) is 6.18. The van der Waals surface area contributed by atoms with Gasteiger partial charge in [-0.2, -0.15) is 0 Å². The lowest BCUT2D eigenvalue weighted by Gasteiger charge is -2.21. The summed E-state index contributed by atoms with van der Waals surface area (Å²) in [4.78, 5) is 13.0. The number of nitrogens with two attached hydrogens (primary N) is 1. The van der Waals surface area contributed by atoms with Gasteiger partial charge < -0.3 is 11.1 Å². The molecule has 1 amide bonds. The summed E-state index contributed by atoms with van der Waals surface area (Å²) in [5.41, 5.74) is 5.44. The Kier molecular flexibility index (Phi) is 5.44. The van der Waals surface area contributed by atoms with Crippen molar-refractivity contribution in [1.82, 2.24) is 5.32 Å². The number of amides is 1. The quantitative estimate of drug-likeness (QED) is 0.889. The Morgan fingerprint density at radius 1 is 1.47 bits per heavy atom. The molecular weight excluding hydrogens is 324 g/mol. The highest BCUT2D eigenvalue weighted by atomic mass is 79.9. The third-order valence-corrected chi connectivity index (χ3v) is 4.62. The number of thiophene rings is 1. The zero-order valence-corrected chi connectivity index (χ0v) is 12.6. The van der Waals surface area contributed by atoms with E-state index in [1.807, 2.05) is 12.1 Å². The highest BCUT2D eigenvalue weighted by Crippen LogP contribution is 2.27. The van der Waals surface area contributed by atoms with Gasteiger partial charge >= 0.3 is 0 Å². The average Bonchev–Trinajstić information content (AvgIpc) is 2.85. The molecule has 1 aliphatic carbocycles. The van der Waals surface area contributed by atoms with Crippen LogP contribution >= 0.6 is 39.7 Å². The van der Waals surface area contributed by atoms with Gasteiger partial charge in [-0.05, 0) is 40.9 Å². The maximum absolute atomic E-state index is 11.9. The van der Waals surface area contributed by atoms with Crippen LogP contribution in [0.4, 0.5) is 0 Å². The molecule has 3 nitrogen and oxygen atoms in total. The monoisotopic (exact) mass is 338 g/mol. The first-order valence-corrected chi connectivity index (χ1v) is 7.02. The van der Waals surface area contributed by atoms with Gasteiger partial charge in [-0.15, -0.1) is 23.7 Å². The molecule has 1 heterocycles. The van der Waals surface area contributed by atoms with Crippen LogP contribution in [0.2, 0.25) is 0 Å². The molecule has 3 N–H and O–H groups in total. The lowest BCUT2D eigenvalue weighted by molar-refractivity contribution is -0.126. The van der Waals surface area contributed by atoms with E-state index < -0.39 is 5.54 Å². The molecule has 96 valence electrons. The van der Waals surface area contributed by atoms with Crippen LogP contribution in [-0.2, 0) is 11.3 Å². The summed E-state index contributed by atoms with van der Waals surface area (Å²) in [6.45, 7) is 0.577. The smallest absolute Gasteiger partial charge is 0.240 e. The minimum atomic E-state index is -0.617. The molecule has 0 saturated heterocycles. The van der Waals surface area contributed by atoms with Gasteiger partial charge in [0.05, 0.1) is 15.9 Å². The molecular formula is C11H16BrClN2OS. The van der Waals surface area contributed by atoms with Crippen molar-refractivity contribution in [3.63, 3.8) is 0 Å². The lowest BCUT2D eigenvalue weighted by Crippen LogP contribution is -2.51. The van der Waals surface area contributed by atoms with Crippen LogP contribution in [0.5, 0.6) is 0 Å². The lowest BCUT2D eigenvalue weighted by atomic mass is 9.98. The van der Waals surface area contributed by atoms with Crippen LogP contribution in [0.15, 0.2) is 15.9 Å². The fourth-order valence-corrected chi connectivity index (χ4v) is 3.45. The number of carbonyl (C=O) groups excluding carboxylic acids is 1. The molecule has 0 spiro atoms. The van der Waals surface area contributed by atoms with Crippen LogP contribution in [0, 0.1) is 0 Å². The molecule has 1 aromatic heterocycles. The normalized spacial score (nSPS) is 17.5. The minimum absolute atomic E-state index is 0. The van der Waals surface area contributed by atoms with Gasteiger partial charge in [-0.25, -0.2) is 0 Å². The maximum Gasteiger partial charge on any atom is 0.240 e. The van der Waals surface area contributed by atoms with E-state index in [1.165, 1.54) is 0 Å². The van der Waals surface area contributed by atoms with E-state index in [1.54, 1.807) is 11.3 Å². The largest absolute Gasteiger partial charge is 0.350 e. The van der Waals surface area contributed by atoms with E-state index in [0.29, 0.717) is 6.54 Å². The van der Waals surface area contributed by atoms with Crippen LogP contribution < -0.4 is 11.1 Å². The first kappa shape index (κ1) is 15.0. The molecule has 0 bridgehead atoms. The van der Waals surface area contributed by atoms with Gasteiger partial charge in [0.2, 0.25) is 5.91 Å². The van der Waals surface area contributed by atoms with Crippen LogP contribution in [-0.4, -0.2) is 11.4 Å². The Bertz CT molecular complexity index is 391. The average molecular weight is 340 g/mol. The minimum Gasteiger partial charge on any atom is -0.350 e. The Balaban J connectivity index is 0.00000144. The molecule has 1 saturated carbocycles. The topological polar surface area (TPSA) is 55.1 Å². The fourth-order valence-electron chi connectivity index (χ4n) is 2.02. The van der Waals surface area contributed by atoms with Gasteiger partial charge in [0.25, 0.3) is 0 Å². The van der Waals surface area contributed by atoms with Gasteiger partial charge in [-0.1, -0.05) is 12.8 Å². The molecule has 1 aromatic rings. The molecule has 1 fully saturated rings. The first-order chi connectivity index (χ1) is 7.60. The van der Waals surface area contributed by atoms with E-state index in [9.17, 15) is 4.79 Å². The third kappa shape index (κ3) is 3.68. The number of hydrogen-bond donors (Lipinski definition) is 2. The Morgan fingerprint density at radius 2 is 2.12 bits per heavy atom. The van der Waals surface area contributed by atoms with Gasteiger partial charge in [0.15, 0.2) is 0 Å². The van der Waals surface area contributed by atoms with Crippen molar-refractivity contribution in [1.29, 1.82) is 0 Å². The zero-order chi connectivity index (χ0) is 11.6. The summed E-state index contributed by atoms with van der Waals surface area (Å²) in [5, 5.41) is 2.92. The van der Waals surface area contributed by atoms with E-state index in [4.69, 9.17) is 5.73 Å². The number of carbonyl (C=O) groups is 1. The van der Waals surface area contributed by atoms with Crippen molar-refractivity contribution in [2.45, 2.75) is 37.8 Å². The number of nitrogens with one attached hydrogen (secondary N) is 1. The van der Waals surface area contributed by atoms with E-state index in [0.717, 1.165) is 34.3 Å². The third-order valence-electron chi connectivity index (χ3n) is 3.00. The molecule has 1 aliphatic rings. The van der Waals surface area contributed by atoms with Crippen molar-refractivity contribution in [2.24, 2.45) is 5.73 Å². The zero-order valence-electron chi connectivity index (χ0n) is 9.37. The first-order valence-electron chi connectivity index (χ1n) is 5.41. The fraction of sp³-hybridized carbons (Fsp3) is 0.545. The highest BCUT2D eigenvalue weighted by Gasteiger charge is 2.36. The Morgan fingerprint density at radius 3 is 2.65 bits per heavy atom. The summed E-state index contributed by atoms with van der Waals surface area (Å²) < 4.78 is 1.08. The molecule has 0 unspecified atom stereocenters. The molecule has 6 heteroatoms. The predicted octanol–water partition coefficient (Wildman–Crippen LogP) is 2.82. The van der Waals surface area contributed by atoms with Crippen LogP contribution in [0.1, 0.15) is 30.6 Å². The Hall–Kier alpha value is -0.100. The van der Waals surface area contributed by atoms with Gasteiger partial charge in [-0.3, -0.25) is 4.79 Å². The SMILES string of the molecule is Cl.NC1(C(=O)NCc2ccc(Br)s2)CCCC1. The van der Waals surface area contributed by atoms with E-state index in [2.05, 4.69) is 21.2 Å². The van der Waals surface area contributed by atoms with Crippen molar-refractivity contribution in [3.05, 3.63) is 20.8 Å². The van der Waals surface area contributed by atoms with Crippen molar-refractivity contribution >= 4 is 45.6 Å². The number of rotatable bonds is 3. The van der Waals surface area contributed by atoms with Crippen molar-refractivity contribution in [3.8, 4) is 0 Å². The standard InChI is InChI=1S/C11H15BrN2OS.ClH/c12-9-4-3-8(16-9)7-14-10(15)11(13)5-1-2-6-11;/h3-4H,1-2,5-7,13H2,(H,14,15);1H. The predicted molar refractivity (Wildman–Crippen MR) is 76.5 cm³/mol. The summed E-state index contributed by atoms with van der Waals surface area (Å²) in [6, 6.07) is 3.99. The molecule has 0 aliphatic heterocycles. The van der Waals surface area contributed by atoms with Gasteiger partial charge in [0.1, 0.15) is 0 Å². The summed E-state index contributed by atoms with van der Waals surface area (Å²) in [7, 11) is 0. The number of hydrogen-bond acceptors (Lipinski definition) is 3. The van der Waals surface area contributed by atoms with Crippen LogP contribution in [0.25, 0.3) is 0 Å². The molecule has 0 aromatic carbocycles. The second-order valence-corrected chi connectivity index (χ2v) is 6.80. The maximum atomic E-state index is 11.9. The summed E-state index contributed by atoms with van der Waals surface area (Å²) in [5.74, 6) is -0.00507. The van der Waals surface area contributed by atoms with Crippen LogP contribution in [0.3, 0.4) is 0 Å². The van der Waals surface area contributed by atoms with E-state index in [-0.39, 0.29) is 18.3 Å². The van der Waals surface area contributed by atoms with Crippen molar-refractivity contribution in [2.75, 3.05) is 0 Å². The summed E-state index contributed by atoms with van der Waals surface area (Å²) >= 11 is 5.03. The molecule has 17 heavy (non-hydrogen) atoms. The Labute approximate surface area is 120 Å². The van der Waals surface area contributed by atoms with Gasteiger partial charge in [0, 0.05) is 4.88 Å². The number of halogens is 2. The van der Waals surface area contributed by atoms with E-state index >= 15 is 0 Å². The molecule has 0 atom stereocenters. The highest BCUT2D eigenvalue weighted by molar-refractivity contribution is 9.11. The molecule has 0 radical (unpaired) electrons. The molecule has 2 rings (SSSR count). The second-order valence-electron chi connectivity index (χ2n) is 4.25.